The van der Waals surface area contributed by atoms with Crippen molar-refractivity contribution in [3.8, 4) is 0 Å². The van der Waals surface area contributed by atoms with Gasteiger partial charge in [-0.15, -0.1) is 0 Å². The van der Waals surface area contributed by atoms with E-state index >= 15 is 0 Å². The molecule has 1 amide bonds. The second-order valence-corrected chi connectivity index (χ2v) is 11.3. The number of carbonyl (C=O) groups is 3. The first-order valence-electron chi connectivity index (χ1n) is 13.8. The Bertz CT molecular complexity index is 1420. The number of hydrogen-bond acceptors (Lipinski definition) is 3. The third-order valence-corrected chi connectivity index (χ3v) is 8.75. The summed E-state index contributed by atoms with van der Waals surface area (Å²) in [6.07, 6.45) is 4.01. The molecule has 7 heteroatoms. The number of hydrogen-bond donors (Lipinski definition) is 1. The molecule has 0 bridgehead atoms. The van der Waals surface area contributed by atoms with Crippen molar-refractivity contribution in [3.63, 3.8) is 0 Å². The van der Waals surface area contributed by atoms with Gasteiger partial charge in [0.15, 0.2) is 5.78 Å². The Balaban J connectivity index is 1.78. The van der Waals surface area contributed by atoms with E-state index in [0.29, 0.717) is 29.5 Å². The van der Waals surface area contributed by atoms with Gasteiger partial charge in [0.2, 0.25) is 5.91 Å². The Morgan fingerprint density at radius 3 is 1.98 bits per heavy atom. The number of Topliss-reactive ketones (excluding diaryl/α,β-unsaturated/α-hetero) is 1. The van der Waals surface area contributed by atoms with Crippen molar-refractivity contribution in [1.82, 2.24) is 4.90 Å². The van der Waals surface area contributed by atoms with Gasteiger partial charge in [-0.05, 0) is 68.1 Å². The van der Waals surface area contributed by atoms with E-state index in [-0.39, 0.29) is 17.6 Å². The zero-order valence-corrected chi connectivity index (χ0v) is 22.6. The summed E-state index contributed by atoms with van der Waals surface area (Å²) in [6, 6.07) is 17.1. The maximum atomic E-state index is 14.5. The van der Waals surface area contributed by atoms with E-state index in [1.807, 2.05) is 13.0 Å². The van der Waals surface area contributed by atoms with Crippen molar-refractivity contribution in [2.45, 2.75) is 63.5 Å². The van der Waals surface area contributed by atoms with Crippen LogP contribution < -0.4 is 0 Å². The van der Waals surface area contributed by atoms with Crippen LogP contribution in [0.4, 0.5) is 8.78 Å². The molecule has 4 atom stereocenters. The van der Waals surface area contributed by atoms with Crippen molar-refractivity contribution in [1.29, 1.82) is 0 Å². The number of nitrogens with zero attached hydrogens (tertiary/aromatic N) is 1. The smallest absolute Gasteiger partial charge is 0.330 e. The molecule has 1 aliphatic heterocycles. The van der Waals surface area contributed by atoms with Gasteiger partial charge in [0.1, 0.15) is 17.2 Å². The Morgan fingerprint density at radius 1 is 0.850 bits per heavy atom. The molecule has 1 heterocycles. The van der Waals surface area contributed by atoms with E-state index in [9.17, 15) is 28.3 Å². The molecular formula is C33H33F2NO4. The Kier molecular flexibility index (Phi) is 7.58. The molecule has 208 valence electrons. The summed E-state index contributed by atoms with van der Waals surface area (Å²) in [4.78, 5) is 43.6. The largest absolute Gasteiger partial charge is 0.479 e. The lowest BCUT2D eigenvalue weighted by molar-refractivity contribution is -0.160. The van der Waals surface area contributed by atoms with Crippen LogP contribution in [0.3, 0.4) is 0 Å². The number of likely N-dealkylation sites (tertiary alicyclic amines) is 1. The van der Waals surface area contributed by atoms with E-state index in [0.717, 1.165) is 24.8 Å². The highest BCUT2D eigenvalue weighted by molar-refractivity contribution is 6.02. The van der Waals surface area contributed by atoms with Gasteiger partial charge in [-0.25, -0.2) is 13.6 Å². The number of rotatable bonds is 6. The van der Waals surface area contributed by atoms with Gasteiger partial charge in [0.05, 0.1) is 12.0 Å². The molecule has 1 N–H and O–H groups in total. The molecule has 1 aliphatic carbocycles. The summed E-state index contributed by atoms with van der Waals surface area (Å²) in [6.45, 7) is 3.35. The van der Waals surface area contributed by atoms with Crippen LogP contribution in [0.2, 0.25) is 0 Å². The van der Waals surface area contributed by atoms with Crippen LogP contribution in [0, 0.1) is 30.4 Å². The molecule has 1 saturated carbocycles. The lowest BCUT2D eigenvalue weighted by atomic mass is 9.71. The molecule has 3 aromatic rings. The van der Waals surface area contributed by atoms with Crippen molar-refractivity contribution >= 4 is 17.7 Å². The number of carboxylic acid groups (broad SMARTS) is 1. The molecule has 0 aromatic heterocycles. The third kappa shape index (κ3) is 4.82. The lowest BCUT2D eigenvalue weighted by Crippen LogP contribution is -2.55. The predicted molar refractivity (Wildman–Crippen MR) is 147 cm³/mol. The van der Waals surface area contributed by atoms with Gasteiger partial charge in [0.25, 0.3) is 0 Å². The first-order chi connectivity index (χ1) is 19.1. The number of halogens is 2. The van der Waals surface area contributed by atoms with Crippen LogP contribution in [-0.2, 0) is 9.59 Å². The molecule has 5 rings (SSSR count). The zero-order valence-electron chi connectivity index (χ0n) is 22.6. The Morgan fingerprint density at radius 2 is 1.43 bits per heavy atom. The number of benzene rings is 3. The Labute approximate surface area is 232 Å². The minimum Gasteiger partial charge on any atom is -0.479 e. The molecule has 0 radical (unpaired) electrons. The van der Waals surface area contributed by atoms with Gasteiger partial charge >= 0.3 is 5.97 Å². The number of carboxylic acids is 1. The third-order valence-electron chi connectivity index (χ3n) is 8.75. The SMILES string of the molecule is Cc1cccc(C(=O)C2C(c3ccc(F)cc3)N(C(=O)C3CCCCC3)C(C)(C(=O)O)C2c2ccc(F)cc2)c1. The van der Waals surface area contributed by atoms with Gasteiger partial charge in [-0.3, -0.25) is 9.59 Å². The monoisotopic (exact) mass is 545 g/mol. The van der Waals surface area contributed by atoms with Gasteiger partial charge in [-0.1, -0.05) is 67.3 Å². The average molecular weight is 546 g/mol. The molecule has 0 spiro atoms. The van der Waals surface area contributed by atoms with Crippen molar-refractivity contribution in [2.75, 3.05) is 0 Å². The molecule has 4 unspecified atom stereocenters. The van der Waals surface area contributed by atoms with Gasteiger partial charge < -0.3 is 10.0 Å². The van der Waals surface area contributed by atoms with Crippen LogP contribution in [-0.4, -0.2) is 33.2 Å². The van der Waals surface area contributed by atoms with Crippen LogP contribution >= 0.6 is 0 Å². The van der Waals surface area contributed by atoms with E-state index in [1.165, 1.54) is 60.4 Å². The maximum Gasteiger partial charge on any atom is 0.330 e. The summed E-state index contributed by atoms with van der Waals surface area (Å²) >= 11 is 0. The summed E-state index contributed by atoms with van der Waals surface area (Å²) in [5, 5.41) is 10.9. The molecular weight excluding hydrogens is 512 g/mol. The van der Waals surface area contributed by atoms with Crippen LogP contribution in [0.25, 0.3) is 0 Å². The van der Waals surface area contributed by atoms with E-state index < -0.39 is 41.0 Å². The van der Waals surface area contributed by atoms with Crippen molar-refractivity contribution in [2.24, 2.45) is 11.8 Å². The minimum absolute atomic E-state index is 0.314. The fourth-order valence-corrected chi connectivity index (χ4v) is 6.78. The van der Waals surface area contributed by atoms with Crippen LogP contribution in [0.1, 0.15) is 78.0 Å². The normalized spacial score (nSPS) is 25.1. The fraction of sp³-hybridized carbons (Fsp3) is 0.364. The lowest BCUT2D eigenvalue weighted by Gasteiger charge is -2.40. The summed E-state index contributed by atoms with van der Waals surface area (Å²) in [7, 11) is 0. The number of aryl methyl sites for hydroxylation is 1. The summed E-state index contributed by atoms with van der Waals surface area (Å²) in [5.74, 6) is -5.26. The van der Waals surface area contributed by atoms with Crippen LogP contribution in [0.15, 0.2) is 72.8 Å². The van der Waals surface area contributed by atoms with Gasteiger partial charge in [-0.2, -0.15) is 0 Å². The zero-order chi connectivity index (χ0) is 28.6. The average Bonchev–Trinajstić information content (AvgIpc) is 3.23. The number of carbonyl (C=O) groups excluding carboxylic acids is 2. The van der Waals surface area contributed by atoms with Crippen molar-refractivity contribution < 1.29 is 28.3 Å². The Hall–Kier alpha value is -3.87. The standard InChI is InChI=1S/C33H33F2NO4/c1-20-7-6-10-24(19-20)30(37)27-28(21-11-15-25(34)16-12-21)33(2,32(39)40)36(31(38)23-8-4-3-5-9-23)29(27)22-13-17-26(35)18-14-22/h6-7,10-19,23,27-29H,3-5,8-9H2,1-2H3,(H,39,40). The summed E-state index contributed by atoms with van der Waals surface area (Å²) < 4.78 is 28.1. The van der Waals surface area contributed by atoms with E-state index in [1.54, 1.807) is 18.2 Å². The summed E-state index contributed by atoms with van der Waals surface area (Å²) in [5.41, 5.74) is 0.341. The topological polar surface area (TPSA) is 74.7 Å². The fourth-order valence-electron chi connectivity index (χ4n) is 6.78. The predicted octanol–water partition coefficient (Wildman–Crippen LogP) is 6.86. The van der Waals surface area contributed by atoms with Crippen LogP contribution in [0.5, 0.6) is 0 Å². The number of amides is 1. The quantitative estimate of drug-likeness (QED) is 0.343. The van der Waals surface area contributed by atoms with E-state index in [4.69, 9.17) is 0 Å². The molecule has 40 heavy (non-hydrogen) atoms. The molecule has 3 aromatic carbocycles. The molecule has 2 aliphatic rings. The molecule has 5 nitrogen and oxygen atoms in total. The maximum absolute atomic E-state index is 14.5. The first-order valence-corrected chi connectivity index (χ1v) is 13.8. The van der Waals surface area contributed by atoms with Crippen molar-refractivity contribution in [3.05, 3.63) is 107 Å². The highest BCUT2D eigenvalue weighted by atomic mass is 19.1. The molecule has 1 saturated heterocycles. The first kappa shape index (κ1) is 27.7. The minimum atomic E-state index is -1.84. The van der Waals surface area contributed by atoms with Gasteiger partial charge in [0, 0.05) is 17.4 Å². The second-order valence-electron chi connectivity index (χ2n) is 11.3. The number of aliphatic carboxylic acids is 1. The highest BCUT2D eigenvalue weighted by Gasteiger charge is 2.65. The second kappa shape index (κ2) is 11.0. The highest BCUT2D eigenvalue weighted by Crippen LogP contribution is 2.57. The number of ketones is 1. The molecule has 2 fully saturated rings. The van der Waals surface area contributed by atoms with E-state index in [2.05, 4.69) is 0 Å².